The zero-order valence-electron chi connectivity index (χ0n) is 12.6. The average Bonchev–Trinajstić information content (AvgIpc) is 2.55. The Balaban J connectivity index is 2.16. The molecule has 22 heavy (non-hydrogen) atoms. The number of carbonyl (C=O) groups is 2. The predicted molar refractivity (Wildman–Crippen MR) is 88.1 cm³/mol. The van der Waals surface area contributed by atoms with Crippen molar-refractivity contribution < 1.29 is 9.59 Å². The van der Waals surface area contributed by atoms with E-state index < -0.39 is 0 Å². The second-order valence-electron chi connectivity index (χ2n) is 5.39. The largest absolute Gasteiger partial charge is 0.289 e. The normalized spacial score (nSPS) is 15.5. The van der Waals surface area contributed by atoms with Crippen LogP contribution in [0.3, 0.4) is 0 Å². The van der Waals surface area contributed by atoms with E-state index in [9.17, 15) is 9.59 Å². The predicted octanol–water partition coefficient (Wildman–Crippen LogP) is 4.09. The van der Waals surface area contributed by atoms with E-state index in [1.54, 1.807) is 13.8 Å². The monoisotopic (exact) mass is 288 g/mol. The first-order chi connectivity index (χ1) is 10.6. The first kappa shape index (κ1) is 14.2. The SMILES string of the molecule is CC1=C(c2ccccc2)C(=O)C(C)=C(c2ccccc2)C1=O. The summed E-state index contributed by atoms with van der Waals surface area (Å²) in [4.78, 5) is 25.6. The quantitative estimate of drug-likeness (QED) is 0.780. The van der Waals surface area contributed by atoms with Crippen LogP contribution in [-0.2, 0) is 9.59 Å². The molecular weight excluding hydrogens is 272 g/mol. The van der Waals surface area contributed by atoms with Crippen molar-refractivity contribution in [2.24, 2.45) is 0 Å². The maximum Gasteiger partial charge on any atom is 0.190 e. The molecule has 2 heteroatoms. The minimum absolute atomic E-state index is 0.0675. The Morgan fingerprint density at radius 1 is 0.545 bits per heavy atom. The summed E-state index contributed by atoms with van der Waals surface area (Å²) in [7, 11) is 0. The highest BCUT2D eigenvalue weighted by molar-refractivity contribution is 6.47. The molecule has 0 aromatic heterocycles. The van der Waals surface area contributed by atoms with Gasteiger partial charge in [0.05, 0.1) is 0 Å². The standard InChI is InChI=1S/C20H16O2/c1-13-17(15-9-5-3-6-10-15)20(22)14(2)18(19(13)21)16-11-7-4-8-12-16/h3-12H,1-2H3. The van der Waals surface area contributed by atoms with Crippen LogP contribution in [-0.4, -0.2) is 11.6 Å². The number of rotatable bonds is 2. The van der Waals surface area contributed by atoms with Gasteiger partial charge in [-0.15, -0.1) is 0 Å². The van der Waals surface area contributed by atoms with Gasteiger partial charge in [0, 0.05) is 22.3 Å². The highest BCUT2D eigenvalue weighted by Crippen LogP contribution is 2.35. The number of hydrogen-bond acceptors (Lipinski definition) is 2. The summed E-state index contributed by atoms with van der Waals surface area (Å²) >= 11 is 0. The maximum atomic E-state index is 12.8. The van der Waals surface area contributed by atoms with Gasteiger partial charge in [-0.05, 0) is 25.0 Å². The first-order valence-electron chi connectivity index (χ1n) is 7.23. The van der Waals surface area contributed by atoms with E-state index in [1.807, 2.05) is 60.7 Å². The van der Waals surface area contributed by atoms with Gasteiger partial charge >= 0.3 is 0 Å². The number of carbonyl (C=O) groups excluding carboxylic acids is 2. The van der Waals surface area contributed by atoms with Crippen molar-refractivity contribution in [3.05, 3.63) is 82.9 Å². The molecule has 0 N–H and O–H groups in total. The summed E-state index contributed by atoms with van der Waals surface area (Å²) in [5, 5.41) is 0. The molecule has 0 fully saturated rings. The number of Topliss-reactive ketones (excluding diaryl/α,β-unsaturated/α-hetero) is 2. The van der Waals surface area contributed by atoms with Crippen LogP contribution < -0.4 is 0 Å². The number of ketones is 2. The molecule has 0 saturated carbocycles. The Morgan fingerprint density at radius 2 is 0.864 bits per heavy atom. The van der Waals surface area contributed by atoms with Gasteiger partial charge in [-0.25, -0.2) is 0 Å². The van der Waals surface area contributed by atoms with Crippen LogP contribution in [0.4, 0.5) is 0 Å². The second-order valence-corrected chi connectivity index (χ2v) is 5.39. The molecule has 0 heterocycles. The van der Waals surface area contributed by atoms with E-state index in [2.05, 4.69) is 0 Å². The third-order valence-electron chi connectivity index (χ3n) is 4.01. The Labute approximate surface area is 129 Å². The Kier molecular flexibility index (Phi) is 3.60. The van der Waals surface area contributed by atoms with E-state index in [4.69, 9.17) is 0 Å². The van der Waals surface area contributed by atoms with Gasteiger partial charge in [-0.1, -0.05) is 60.7 Å². The maximum absolute atomic E-state index is 12.8. The summed E-state index contributed by atoms with van der Waals surface area (Å²) in [6, 6.07) is 18.8. The molecule has 0 atom stereocenters. The van der Waals surface area contributed by atoms with Crippen LogP contribution in [0.5, 0.6) is 0 Å². The zero-order valence-corrected chi connectivity index (χ0v) is 12.6. The Hall–Kier alpha value is -2.74. The molecule has 0 unspecified atom stereocenters. The zero-order chi connectivity index (χ0) is 15.7. The van der Waals surface area contributed by atoms with E-state index in [0.29, 0.717) is 22.3 Å². The van der Waals surface area contributed by atoms with Crippen molar-refractivity contribution in [3.63, 3.8) is 0 Å². The lowest BCUT2D eigenvalue weighted by atomic mass is 9.80. The van der Waals surface area contributed by atoms with Crippen molar-refractivity contribution in [2.75, 3.05) is 0 Å². The Bertz CT molecular complexity index is 738. The van der Waals surface area contributed by atoms with Gasteiger partial charge in [-0.3, -0.25) is 9.59 Å². The number of allylic oxidation sites excluding steroid dienone is 4. The lowest BCUT2D eigenvalue weighted by molar-refractivity contribution is -0.113. The molecule has 1 aliphatic rings. The van der Waals surface area contributed by atoms with E-state index in [1.165, 1.54) is 0 Å². The van der Waals surface area contributed by atoms with E-state index in [0.717, 1.165) is 11.1 Å². The van der Waals surface area contributed by atoms with Crippen molar-refractivity contribution in [3.8, 4) is 0 Å². The van der Waals surface area contributed by atoms with Gasteiger partial charge in [0.15, 0.2) is 11.6 Å². The van der Waals surface area contributed by atoms with E-state index in [-0.39, 0.29) is 11.6 Å². The molecule has 0 amide bonds. The minimum Gasteiger partial charge on any atom is -0.289 e. The highest BCUT2D eigenvalue weighted by atomic mass is 16.1. The third-order valence-corrected chi connectivity index (χ3v) is 4.01. The molecular formula is C20H16O2. The molecule has 2 aromatic rings. The van der Waals surface area contributed by atoms with Crippen LogP contribution in [0.2, 0.25) is 0 Å². The fourth-order valence-corrected chi connectivity index (χ4v) is 2.85. The lowest BCUT2D eigenvalue weighted by Gasteiger charge is -2.21. The van der Waals surface area contributed by atoms with Crippen molar-refractivity contribution >= 4 is 22.7 Å². The van der Waals surface area contributed by atoms with Gasteiger partial charge in [0.1, 0.15) is 0 Å². The molecule has 0 bridgehead atoms. The molecule has 2 aromatic carbocycles. The molecule has 3 rings (SSSR count). The summed E-state index contributed by atoms with van der Waals surface area (Å²) in [5.74, 6) is -0.135. The summed E-state index contributed by atoms with van der Waals surface area (Å²) in [6.07, 6.45) is 0. The smallest absolute Gasteiger partial charge is 0.190 e. The average molecular weight is 288 g/mol. The Morgan fingerprint density at radius 3 is 1.18 bits per heavy atom. The number of hydrogen-bond donors (Lipinski definition) is 0. The molecule has 0 aliphatic heterocycles. The van der Waals surface area contributed by atoms with Crippen molar-refractivity contribution in [1.29, 1.82) is 0 Å². The topological polar surface area (TPSA) is 34.1 Å². The van der Waals surface area contributed by atoms with Gasteiger partial charge in [-0.2, -0.15) is 0 Å². The van der Waals surface area contributed by atoms with E-state index >= 15 is 0 Å². The minimum atomic E-state index is -0.0675. The fourth-order valence-electron chi connectivity index (χ4n) is 2.85. The molecule has 0 radical (unpaired) electrons. The van der Waals surface area contributed by atoms with Crippen molar-refractivity contribution in [1.82, 2.24) is 0 Å². The van der Waals surface area contributed by atoms with Crippen LogP contribution in [0, 0.1) is 0 Å². The highest BCUT2D eigenvalue weighted by Gasteiger charge is 2.31. The van der Waals surface area contributed by atoms with Gasteiger partial charge in [0.2, 0.25) is 0 Å². The summed E-state index contributed by atoms with van der Waals surface area (Å²) < 4.78 is 0. The molecule has 0 spiro atoms. The van der Waals surface area contributed by atoms with Crippen LogP contribution in [0.25, 0.3) is 11.1 Å². The number of benzene rings is 2. The third kappa shape index (κ3) is 2.23. The van der Waals surface area contributed by atoms with Crippen LogP contribution >= 0.6 is 0 Å². The van der Waals surface area contributed by atoms with Gasteiger partial charge < -0.3 is 0 Å². The molecule has 0 saturated heterocycles. The summed E-state index contributed by atoms with van der Waals surface area (Å²) in [5.41, 5.74) is 3.65. The molecule has 1 aliphatic carbocycles. The lowest BCUT2D eigenvalue weighted by Crippen LogP contribution is -2.20. The first-order valence-corrected chi connectivity index (χ1v) is 7.23. The summed E-state index contributed by atoms with van der Waals surface area (Å²) in [6.45, 7) is 3.47. The fraction of sp³-hybridized carbons (Fsp3) is 0.100. The van der Waals surface area contributed by atoms with Crippen LogP contribution in [0.15, 0.2) is 71.8 Å². The molecule has 108 valence electrons. The van der Waals surface area contributed by atoms with Gasteiger partial charge in [0.25, 0.3) is 0 Å². The molecule has 2 nitrogen and oxygen atoms in total. The van der Waals surface area contributed by atoms with Crippen LogP contribution in [0.1, 0.15) is 25.0 Å². The van der Waals surface area contributed by atoms with Crippen molar-refractivity contribution in [2.45, 2.75) is 13.8 Å². The second kappa shape index (κ2) is 5.57.